The third-order valence-electron chi connectivity index (χ3n) is 5.35. The number of methoxy groups -OCH3 is 2. The van der Waals surface area contributed by atoms with Crippen LogP contribution in [0.2, 0.25) is 0 Å². The first-order chi connectivity index (χ1) is 16.4. The summed E-state index contributed by atoms with van der Waals surface area (Å²) < 4.78 is 27.6. The molecule has 0 bridgehead atoms. The van der Waals surface area contributed by atoms with E-state index in [4.69, 9.17) is 23.7 Å². The molecule has 7 heteroatoms. The van der Waals surface area contributed by atoms with Crippen LogP contribution in [0.4, 0.5) is 0 Å². The van der Waals surface area contributed by atoms with Crippen molar-refractivity contribution >= 4 is 5.97 Å². The Morgan fingerprint density at radius 3 is 2.21 bits per heavy atom. The third-order valence-corrected chi connectivity index (χ3v) is 5.35. The van der Waals surface area contributed by atoms with Gasteiger partial charge in [-0.1, -0.05) is 68.5 Å². The zero-order chi connectivity index (χ0) is 24.8. The SMILES string of the molecule is COCO[C@@H](/C=C/[C@H](C)[C@@H](OCc1ccc(OC)cc1)C(=O)O)[C@H](C)COCc1ccccc1. The Hall–Kier alpha value is -2.71. The molecule has 0 aromatic heterocycles. The molecule has 0 saturated carbocycles. The lowest BCUT2D eigenvalue weighted by molar-refractivity contribution is -0.153. The number of aliphatic carboxylic acids is 1. The molecule has 7 nitrogen and oxygen atoms in total. The fourth-order valence-electron chi connectivity index (χ4n) is 3.33. The molecule has 0 fully saturated rings. The van der Waals surface area contributed by atoms with Gasteiger partial charge in [0.2, 0.25) is 0 Å². The van der Waals surface area contributed by atoms with E-state index in [1.807, 2.05) is 80.6 Å². The van der Waals surface area contributed by atoms with Crippen LogP contribution < -0.4 is 4.74 Å². The zero-order valence-corrected chi connectivity index (χ0v) is 20.4. The van der Waals surface area contributed by atoms with Crippen LogP contribution in [0.15, 0.2) is 66.7 Å². The van der Waals surface area contributed by atoms with Crippen molar-refractivity contribution in [1.82, 2.24) is 0 Å². The molecular weight excluding hydrogens is 436 g/mol. The number of carboxylic acids is 1. The molecule has 4 atom stereocenters. The highest BCUT2D eigenvalue weighted by Gasteiger charge is 2.25. The van der Waals surface area contributed by atoms with Crippen molar-refractivity contribution in [3.63, 3.8) is 0 Å². The second-order valence-corrected chi connectivity index (χ2v) is 8.18. The number of carbonyl (C=O) groups is 1. The molecule has 0 aliphatic rings. The molecule has 0 heterocycles. The van der Waals surface area contributed by atoms with Gasteiger partial charge < -0.3 is 28.8 Å². The zero-order valence-electron chi connectivity index (χ0n) is 20.4. The molecule has 0 saturated heterocycles. The topological polar surface area (TPSA) is 83.5 Å². The van der Waals surface area contributed by atoms with Gasteiger partial charge in [-0.25, -0.2) is 4.79 Å². The van der Waals surface area contributed by atoms with E-state index in [0.717, 1.165) is 16.9 Å². The normalized spacial score (nSPS) is 15.1. The highest BCUT2D eigenvalue weighted by Crippen LogP contribution is 2.18. The molecule has 0 radical (unpaired) electrons. The van der Waals surface area contributed by atoms with Gasteiger partial charge in [0, 0.05) is 18.9 Å². The Labute approximate surface area is 202 Å². The molecule has 34 heavy (non-hydrogen) atoms. The standard InChI is InChI=1S/C27H36O7/c1-20(26(27(28)29)33-18-23-11-13-24(31-4)14-12-23)10-15-25(34-19-30-3)21(2)16-32-17-22-8-6-5-7-9-22/h5-15,20-21,25-26H,16-19H2,1-4H3,(H,28,29)/b15-10+/t20-,21+,25-,26+/m0/s1. The van der Waals surface area contributed by atoms with E-state index in [1.165, 1.54) is 0 Å². The minimum atomic E-state index is -1.01. The maximum absolute atomic E-state index is 11.8. The van der Waals surface area contributed by atoms with Gasteiger partial charge in [0.05, 0.1) is 33.0 Å². The maximum atomic E-state index is 11.8. The van der Waals surface area contributed by atoms with Crippen molar-refractivity contribution in [3.8, 4) is 5.75 Å². The molecule has 186 valence electrons. The molecule has 2 aromatic rings. The van der Waals surface area contributed by atoms with Gasteiger partial charge in [-0.15, -0.1) is 0 Å². The van der Waals surface area contributed by atoms with E-state index in [2.05, 4.69) is 0 Å². The number of hydrogen-bond donors (Lipinski definition) is 1. The minimum absolute atomic E-state index is 0.0332. The molecule has 0 aliphatic heterocycles. The average molecular weight is 473 g/mol. The van der Waals surface area contributed by atoms with Gasteiger partial charge in [-0.05, 0) is 23.3 Å². The smallest absolute Gasteiger partial charge is 0.333 e. The molecular formula is C27H36O7. The van der Waals surface area contributed by atoms with Crippen LogP contribution in [0.25, 0.3) is 0 Å². The predicted molar refractivity (Wildman–Crippen MR) is 130 cm³/mol. The van der Waals surface area contributed by atoms with Crippen molar-refractivity contribution in [2.24, 2.45) is 11.8 Å². The van der Waals surface area contributed by atoms with Crippen LogP contribution in [0.3, 0.4) is 0 Å². The molecule has 1 N–H and O–H groups in total. The second kappa shape index (κ2) is 15.2. The average Bonchev–Trinajstić information content (AvgIpc) is 2.85. The molecule has 0 aliphatic carbocycles. The summed E-state index contributed by atoms with van der Waals surface area (Å²) in [5, 5.41) is 9.69. The number of hydrogen-bond acceptors (Lipinski definition) is 6. The first-order valence-corrected chi connectivity index (χ1v) is 11.3. The Morgan fingerprint density at radius 2 is 1.59 bits per heavy atom. The number of ether oxygens (including phenoxy) is 5. The predicted octanol–water partition coefficient (Wildman–Crippen LogP) is 4.70. The van der Waals surface area contributed by atoms with Gasteiger partial charge in [0.15, 0.2) is 6.10 Å². The Bertz CT molecular complexity index is 851. The molecule has 2 rings (SSSR count). The largest absolute Gasteiger partial charge is 0.497 e. The number of carboxylic acid groups (broad SMARTS) is 1. The summed E-state index contributed by atoms with van der Waals surface area (Å²) in [6.07, 6.45) is 2.40. The van der Waals surface area contributed by atoms with E-state index in [0.29, 0.717) is 13.2 Å². The monoisotopic (exact) mass is 472 g/mol. The van der Waals surface area contributed by atoms with Crippen molar-refractivity contribution in [2.45, 2.75) is 39.3 Å². The number of rotatable bonds is 16. The Kier molecular flexibility index (Phi) is 12.3. The number of benzene rings is 2. The van der Waals surface area contributed by atoms with Crippen LogP contribution >= 0.6 is 0 Å². The lowest BCUT2D eigenvalue weighted by atomic mass is 9.99. The minimum Gasteiger partial charge on any atom is -0.497 e. The summed E-state index contributed by atoms with van der Waals surface area (Å²) in [7, 11) is 3.16. The van der Waals surface area contributed by atoms with Crippen LogP contribution in [0, 0.1) is 11.8 Å². The lowest BCUT2D eigenvalue weighted by Crippen LogP contribution is -2.30. The molecule has 2 aromatic carbocycles. The fourth-order valence-corrected chi connectivity index (χ4v) is 3.33. The van der Waals surface area contributed by atoms with E-state index >= 15 is 0 Å². The maximum Gasteiger partial charge on any atom is 0.333 e. The highest BCUT2D eigenvalue weighted by atomic mass is 16.7. The van der Waals surface area contributed by atoms with Crippen LogP contribution in [0.5, 0.6) is 5.75 Å². The summed E-state index contributed by atoms with van der Waals surface area (Å²) in [5.74, 6) is -0.620. The van der Waals surface area contributed by atoms with Crippen molar-refractivity contribution in [3.05, 3.63) is 77.9 Å². The highest BCUT2D eigenvalue weighted by molar-refractivity contribution is 5.73. The van der Waals surface area contributed by atoms with Gasteiger partial charge in [-0.3, -0.25) is 0 Å². The molecule has 0 amide bonds. The first-order valence-electron chi connectivity index (χ1n) is 11.3. The summed E-state index contributed by atoms with van der Waals surface area (Å²) >= 11 is 0. The van der Waals surface area contributed by atoms with E-state index in [1.54, 1.807) is 14.2 Å². The van der Waals surface area contributed by atoms with Crippen molar-refractivity contribution in [2.75, 3.05) is 27.6 Å². The van der Waals surface area contributed by atoms with Gasteiger partial charge >= 0.3 is 5.97 Å². The quantitative estimate of drug-likeness (QED) is 0.280. The fraction of sp³-hybridized carbons (Fsp3) is 0.444. The summed E-state index contributed by atoms with van der Waals surface area (Å²) in [6, 6.07) is 17.3. The summed E-state index contributed by atoms with van der Waals surface area (Å²) in [4.78, 5) is 11.8. The van der Waals surface area contributed by atoms with Crippen molar-refractivity contribution < 1.29 is 33.6 Å². The summed E-state index contributed by atoms with van der Waals surface area (Å²) in [6.45, 7) is 5.15. The van der Waals surface area contributed by atoms with E-state index in [-0.39, 0.29) is 31.3 Å². The van der Waals surface area contributed by atoms with E-state index < -0.39 is 12.1 Å². The van der Waals surface area contributed by atoms with Crippen LogP contribution in [0.1, 0.15) is 25.0 Å². The van der Waals surface area contributed by atoms with Crippen LogP contribution in [-0.4, -0.2) is 50.9 Å². The summed E-state index contributed by atoms with van der Waals surface area (Å²) in [5.41, 5.74) is 1.97. The molecule has 0 spiro atoms. The Balaban J connectivity index is 1.94. The second-order valence-electron chi connectivity index (χ2n) is 8.18. The van der Waals surface area contributed by atoms with Gasteiger partial charge in [0.25, 0.3) is 0 Å². The molecule has 0 unspecified atom stereocenters. The van der Waals surface area contributed by atoms with Crippen LogP contribution in [-0.2, 0) is 37.0 Å². The Morgan fingerprint density at radius 1 is 0.912 bits per heavy atom. The van der Waals surface area contributed by atoms with Crippen molar-refractivity contribution in [1.29, 1.82) is 0 Å². The van der Waals surface area contributed by atoms with E-state index in [9.17, 15) is 9.90 Å². The first kappa shape index (κ1) is 27.5. The van der Waals surface area contributed by atoms with Gasteiger partial charge in [0.1, 0.15) is 12.5 Å². The third kappa shape index (κ3) is 9.65. The lowest BCUT2D eigenvalue weighted by Gasteiger charge is -2.23. The van der Waals surface area contributed by atoms with Gasteiger partial charge in [-0.2, -0.15) is 0 Å².